The molecule has 1 atom stereocenters. The summed E-state index contributed by atoms with van der Waals surface area (Å²) in [4.78, 5) is 17.3. The van der Waals surface area contributed by atoms with Crippen LogP contribution in [0.4, 0.5) is 0 Å². The first kappa shape index (κ1) is 24.5. The molecule has 2 heterocycles. The molecule has 2 aromatic carbocycles. The van der Waals surface area contributed by atoms with Gasteiger partial charge in [-0.15, -0.1) is 22.7 Å². The second kappa shape index (κ2) is 11.2. The van der Waals surface area contributed by atoms with E-state index in [2.05, 4.69) is 16.8 Å². The van der Waals surface area contributed by atoms with Gasteiger partial charge in [-0.1, -0.05) is 47.3 Å². The third kappa shape index (κ3) is 5.87. The molecule has 0 amide bonds. The third-order valence-corrected chi connectivity index (χ3v) is 7.39. The predicted molar refractivity (Wildman–Crippen MR) is 139 cm³/mol. The van der Waals surface area contributed by atoms with Crippen molar-refractivity contribution in [3.8, 4) is 22.3 Å². The average molecular weight is 528 g/mol. The Labute approximate surface area is 215 Å². The Hall–Kier alpha value is -2.66. The van der Waals surface area contributed by atoms with Crippen LogP contribution in [-0.4, -0.2) is 22.7 Å². The third-order valence-electron chi connectivity index (χ3n) is 5.02. The Morgan fingerprint density at radius 2 is 1.94 bits per heavy atom. The van der Waals surface area contributed by atoms with Gasteiger partial charge in [-0.25, -0.2) is 9.78 Å². The Morgan fingerprint density at radius 3 is 2.59 bits per heavy atom. The molecule has 172 valence electrons. The van der Waals surface area contributed by atoms with Gasteiger partial charge in [0.2, 0.25) is 0 Å². The van der Waals surface area contributed by atoms with Crippen LogP contribution in [0.25, 0.3) is 10.4 Å². The molecule has 1 unspecified atom stereocenters. The number of aromatic nitrogens is 1. The smallest absolute Gasteiger partial charge is 0.346 e. The highest BCUT2D eigenvalue weighted by atomic mass is 35.5. The van der Waals surface area contributed by atoms with Gasteiger partial charge in [-0.2, -0.15) is 0 Å². The molecule has 0 fully saturated rings. The van der Waals surface area contributed by atoms with E-state index >= 15 is 0 Å². The van der Waals surface area contributed by atoms with E-state index in [1.54, 1.807) is 17.6 Å². The maximum atomic E-state index is 12.0. The summed E-state index contributed by atoms with van der Waals surface area (Å²) in [5.74, 6) is 5.16. The fourth-order valence-electron chi connectivity index (χ4n) is 3.45. The zero-order valence-electron chi connectivity index (χ0n) is 18.0. The minimum atomic E-state index is -0.963. The van der Waals surface area contributed by atoms with Crippen LogP contribution in [0.5, 0.6) is 0 Å². The molecule has 0 radical (unpaired) electrons. The fraction of sp³-hybridized carbons (Fsp3) is 0.154. The number of thiophene rings is 1. The molecular formula is C26H19Cl2NO3S2. The highest BCUT2D eigenvalue weighted by Gasteiger charge is 2.22. The molecule has 0 aliphatic heterocycles. The number of hydrogen-bond donors (Lipinski definition) is 1. The molecule has 4 nitrogen and oxygen atoms in total. The maximum Gasteiger partial charge on any atom is 0.346 e. The van der Waals surface area contributed by atoms with E-state index in [4.69, 9.17) is 27.9 Å². The summed E-state index contributed by atoms with van der Waals surface area (Å²) in [7, 11) is 0. The topological polar surface area (TPSA) is 59.4 Å². The number of nitrogens with zero attached hydrogens (tertiary/aromatic N) is 1. The molecule has 8 heteroatoms. The van der Waals surface area contributed by atoms with Crippen molar-refractivity contribution in [2.24, 2.45) is 0 Å². The Morgan fingerprint density at radius 1 is 1.15 bits per heavy atom. The van der Waals surface area contributed by atoms with Crippen LogP contribution in [0.15, 0.2) is 59.4 Å². The lowest BCUT2D eigenvalue weighted by Crippen LogP contribution is -2.10. The SMILES string of the molecule is CCOC(Cc1cc(-c2ccc(C#Cc3cscn3)cc2)sc1C(=O)O)c1ccc(Cl)cc1Cl. The van der Waals surface area contributed by atoms with Crippen LogP contribution < -0.4 is 0 Å². The quantitative estimate of drug-likeness (QED) is 0.251. The Bertz CT molecular complexity index is 1350. The van der Waals surface area contributed by atoms with Crippen molar-refractivity contribution in [2.45, 2.75) is 19.4 Å². The number of benzene rings is 2. The minimum Gasteiger partial charge on any atom is -0.477 e. The zero-order chi connectivity index (χ0) is 24.1. The first-order valence-electron chi connectivity index (χ1n) is 10.4. The average Bonchev–Trinajstić information content (AvgIpc) is 3.48. The van der Waals surface area contributed by atoms with Gasteiger partial charge in [-0.05, 0) is 59.9 Å². The van der Waals surface area contributed by atoms with Crippen LogP contribution >= 0.6 is 45.9 Å². The normalized spacial score (nSPS) is 11.6. The second-order valence-electron chi connectivity index (χ2n) is 7.29. The summed E-state index contributed by atoms with van der Waals surface area (Å²) in [6, 6.07) is 14.9. The Kier molecular flexibility index (Phi) is 8.04. The lowest BCUT2D eigenvalue weighted by molar-refractivity contribution is 0.0618. The number of ether oxygens (including phenoxy) is 1. The molecule has 1 N–H and O–H groups in total. The fourth-order valence-corrected chi connectivity index (χ4v) is 5.50. The van der Waals surface area contributed by atoms with Gasteiger partial charge >= 0.3 is 5.97 Å². The first-order chi connectivity index (χ1) is 16.4. The monoisotopic (exact) mass is 527 g/mol. The lowest BCUT2D eigenvalue weighted by atomic mass is 10.0. The van der Waals surface area contributed by atoms with E-state index in [9.17, 15) is 9.90 Å². The van der Waals surface area contributed by atoms with Crippen LogP contribution in [-0.2, 0) is 11.2 Å². The summed E-state index contributed by atoms with van der Waals surface area (Å²) in [6.45, 7) is 2.36. The molecule has 0 aliphatic carbocycles. The summed E-state index contributed by atoms with van der Waals surface area (Å²) in [5.41, 5.74) is 5.76. The minimum absolute atomic E-state index is 0.289. The summed E-state index contributed by atoms with van der Waals surface area (Å²) in [5, 5.41) is 12.8. The molecule has 4 aromatic rings. The molecule has 34 heavy (non-hydrogen) atoms. The van der Waals surface area contributed by atoms with Crippen molar-refractivity contribution in [2.75, 3.05) is 6.61 Å². The summed E-state index contributed by atoms with van der Waals surface area (Å²) < 4.78 is 5.94. The molecule has 2 aromatic heterocycles. The van der Waals surface area contributed by atoms with Gasteiger partial charge < -0.3 is 9.84 Å². The molecule has 0 saturated carbocycles. The number of thiazole rings is 1. The van der Waals surface area contributed by atoms with Gasteiger partial charge in [0, 0.05) is 38.9 Å². The maximum absolute atomic E-state index is 12.0. The van der Waals surface area contributed by atoms with Gasteiger partial charge in [0.1, 0.15) is 10.6 Å². The molecule has 0 spiro atoms. The summed E-state index contributed by atoms with van der Waals surface area (Å²) >= 11 is 15.2. The summed E-state index contributed by atoms with van der Waals surface area (Å²) in [6.07, 6.45) is -0.0106. The van der Waals surface area contributed by atoms with Crippen molar-refractivity contribution in [3.63, 3.8) is 0 Å². The van der Waals surface area contributed by atoms with E-state index in [1.807, 2.05) is 48.7 Å². The molecule has 0 saturated heterocycles. The molecular weight excluding hydrogens is 509 g/mol. The first-order valence-corrected chi connectivity index (χ1v) is 12.9. The van der Waals surface area contributed by atoms with Crippen molar-refractivity contribution < 1.29 is 14.6 Å². The molecule has 0 aliphatic rings. The van der Waals surface area contributed by atoms with E-state index < -0.39 is 12.1 Å². The highest BCUT2D eigenvalue weighted by Crippen LogP contribution is 2.37. The van der Waals surface area contributed by atoms with E-state index in [-0.39, 0.29) is 4.88 Å². The number of rotatable bonds is 7. The van der Waals surface area contributed by atoms with Crippen LogP contribution in [0.2, 0.25) is 10.0 Å². The zero-order valence-corrected chi connectivity index (χ0v) is 21.2. The van der Waals surface area contributed by atoms with Crippen molar-refractivity contribution >= 4 is 51.8 Å². The van der Waals surface area contributed by atoms with Gasteiger partial charge in [-0.3, -0.25) is 0 Å². The van der Waals surface area contributed by atoms with Crippen molar-refractivity contribution in [1.29, 1.82) is 0 Å². The number of carbonyl (C=O) groups is 1. The Balaban J connectivity index is 1.61. The van der Waals surface area contributed by atoms with Gasteiger partial charge in [0.15, 0.2) is 0 Å². The molecule has 0 bridgehead atoms. The van der Waals surface area contributed by atoms with E-state index in [0.29, 0.717) is 28.6 Å². The van der Waals surface area contributed by atoms with Gasteiger partial charge in [0.05, 0.1) is 11.6 Å². The standard InChI is InChI=1S/C26H19Cl2NO3S2/c1-2-32-23(21-10-8-19(27)13-22(21)28)11-18-12-24(34-25(18)26(30)31)17-6-3-16(4-7-17)5-9-20-14-33-15-29-20/h3-4,6-8,10,12-15,23H,2,11H2,1H3,(H,30,31). The van der Waals surface area contributed by atoms with Crippen LogP contribution in [0.1, 0.15) is 45.1 Å². The van der Waals surface area contributed by atoms with Gasteiger partial charge in [0.25, 0.3) is 0 Å². The predicted octanol–water partition coefficient (Wildman–Crippen LogP) is 7.60. The number of carboxylic acid groups (broad SMARTS) is 1. The van der Waals surface area contributed by atoms with Crippen LogP contribution in [0, 0.1) is 11.8 Å². The largest absolute Gasteiger partial charge is 0.477 e. The number of aromatic carboxylic acids is 1. The van der Waals surface area contributed by atoms with Crippen molar-refractivity contribution in [1.82, 2.24) is 4.98 Å². The lowest BCUT2D eigenvalue weighted by Gasteiger charge is -2.19. The van der Waals surface area contributed by atoms with Crippen molar-refractivity contribution in [3.05, 3.63) is 96.7 Å². The van der Waals surface area contributed by atoms with Crippen LogP contribution in [0.3, 0.4) is 0 Å². The number of hydrogen-bond acceptors (Lipinski definition) is 5. The molecule has 4 rings (SSSR count). The second-order valence-corrected chi connectivity index (χ2v) is 9.90. The van der Waals surface area contributed by atoms with E-state index in [1.165, 1.54) is 22.7 Å². The van der Waals surface area contributed by atoms with E-state index in [0.717, 1.165) is 27.3 Å². The number of halogens is 2. The number of carboxylic acids is 1. The highest BCUT2D eigenvalue weighted by molar-refractivity contribution is 7.17.